The molecule has 0 bridgehead atoms. The van der Waals surface area contributed by atoms with Crippen LogP contribution in [0.4, 0.5) is 34.4 Å². The smallest absolute Gasteiger partial charge is 0.235 e. The monoisotopic (exact) mass is 941 g/mol. The highest BCUT2D eigenvalue weighted by Crippen LogP contribution is 2.47. The van der Waals surface area contributed by atoms with Gasteiger partial charge in [-0.05, 0) is 97.4 Å². The van der Waals surface area contributed by atoms with Crippen molar-refractivity contribution >= 4 is 119 Å². The number of hydrogen-bond donors (Lipinski definition) is 0. The first-order valence-electron chi connectivity index (χ1n) is 23.2. The quantitative estimate of drug-likeness (QED) is 0.136. The fraction of sp³-hybridized carbons (Fsp3) is 0.0492. The second-order valence-electron chi connectivity index (χ2n) is 17.5. The summed E-state index contributed by atoms with van der Waals surface area (Å²) in [6.07, 6.45) is 1.96. The van der Waals surface area contributed by atoms with Crippen LogP contribution in [0.1, 0.15) is 5.56 Å². The number of aryl methyl sites for hydroxylation is 1. The third-order valence-electron chi connectivity index (χ3n) is 13.3. The third kappa shape index (κ3) is 7.00. The first-order chi connectivity index (χ1) is 34.5. The average molecular weight is 942 g/mol. The maximum absolute atomic E-state index is 5.94. The van der Waals surface area contributed by atoms with E-state index in [9.17, 15) is 0 Å². The van der Waals surface area contributed by atoms with Crippen molar-refractivity contribution in [2.45, 2.75) is 6.92 Å². The molecular weight excluding hydrogens is 899 g/mol. The Morgan fingerprint density at radius 1 is 0.457 bits per heavy atom. The summed E-state index contributed by atoms with van der Waals surface area (Å²) in [5.74, 6) is 1.99. The summed E-state index contributed by atoms with van der Waals surface area (Å²) in [5, 5.41) is 7.10. The number of ether oxygens (including phenoxy) is 2. The molecule has 9 heteroatoms. The van der Waals surface area contributed by atoms with E-state index >= 15 is 0 Å². The fourth-order valence-electron chi connectivity index (χ4n) is 9.98. The molecule has 9 aromatic carbocycles. The highest BCUT2D eigenvalue weighted by Gasteiger charge is 2.24. The number of anilines is 6. The standard InChI is InChI=1S/C61H43N5O2S2/c1-38-24-26-41(27-25-38)66-55-29-28-43(33-50(55)51-35-52-48-19-8-11-22-57(48)69-59(52)36-56(51)66)64(44-31-45(67-2)34-46(32-44)68-3)54-21-10-7-18-47(54)39-14-13-17-42(30-39)65(40-15-5-4-6-16-40)61-62-37-53-49-20-9-12-23-58(49)70-60(53)63-61/h4-37H,1-3H3. The van der Waals surface area contributed by atoms with Crippen LogP contribution in [0.25, 0.3) is 79.1 Å². The highest BCUT2D eigenvalue weighted by atomic mass is 32.1. The van der Waals surface area contributed by atoms with Crippen molar-refractivity contribution in [3.8, 4) is 28.3 Å². The van der Waals surface area contributed by atoms with Gasteiger partial charge in [0.05, 0.1) is 36.6 Å². The lowest BCUT2D eigenvalue weighted by atomic mass is 10.0. The second-order valence-corrected chi connectivity index (χ2v) is 19.6. The molecule has 13 rings (SSSR count). The van der Waals surface area contributed by atoms with Gasteiger partial charge in [-0.15, -0.1) is 22.7 Å². The van der Waals surface area contributed by atoms with Gasteiger partial charge in [0.1, 0.15) is 16.3 Å². The molecule has 0 aliphatic heterocycles. The van der Waals surface area contributed by atoms with Crippen molar-refractivity contribution in [2.75, 3.05) is 24.0 Å². The van der Waals surface area contributed by atoms with E-state index in [0.29, 0.717) is 17.4 Å². The summed E-state index contributed by atoms with van der Waals surface area (Å²) in [5.41, 5.74) is 11.5. The van der Waals surface area contributed by atoms with Crippen LogP contribution in [0.5, 0.6) is 11.5 Å². The van der Waals surface area contributed by atoms with Crippen LogP contribution in [-0.4, -0.2) is 28.8 Å². The SMILES string of the molecule is COc1cc(OC)cc(N(c2ccc3c(c2)c2cc4c(cc2n3-c2ccc(C)cc2)sc2ccccc24)c2ccccc2-c2cccc(N(c3ccccc3)c3ncc4c(n3)sc3ccccc34)c2)c1. The van der Waals surface area contributed by atoms with Crippen LogP contribution in [0.3, 0.4) is 0 Å². The van der Waals surface area contributed by atoms with Crippen LogP contribution >= 0.6 is 22.7 Å². The van der Waals surface area contributed by atoms with Gasteiger partial charge in [0.2, 0.25) is 5.95 Å². The van der Waals surface area contributed by atoms with Gasteiger partial charge in [-0.1, -0.05) is 103 Å². The minimum Gasteiger partial charge on any atom is -0.497 e. The molecule has 0 saturated heterocycles. The molecule has 0 aliphatic rings. The molecule has 0 fully saturated rings. The Balaban J connectivity index is 1.02. The number of aromatic nitrogens is 3. The molecule has 0 radical (unpaired) electrons. The molecule has 0 spiro atoms. The van der Waals surface area contributed by atoms with Gasteiger partial charge in [-0.3, -0.25) is 4.90 Å². The molecule has 13 aromatic rings. The van der Waals surface area contributed by atoms with E-state index in [1.54, 1.807) is 25.6 Å². The normalized spacial score (nSPS) is 11.6. The van der Waals surface area contributed by atoms with Crippen molar-refractivity contribution in [1.82, 2.24) is 14.5 Å². The largest absolute Gasteiger partial charge is 0.497 e. The highest BCUT2D eigenvalue weighted by molar-refractivity contribution is 7.26. The van der Waals surface area contributed by atoms with Gasteiger partial charge in [-0.25, -0.2) is 9.97 Å². The minimum absolute atomic E-state index is 0.603. The van der Waals surface area contributed by atoms with E-state index in [1.165, 1.54) is 46.7 Å². The minimum atomic E-state index is 0.603. The molecule has 0 atom stereocenters. The van der Waals surface area contributed by atoms with Crippen LogP contribution < -0.4 is 19.3 Å². The number of fused-ring (bicyclic) bond motifs is 9. The number of nitrogens with zero attached hydrogens (tertiary/aromatic N) is 5. The van der Waals surface area contributed by atoms with E-state index in [4.69, 9.17) is 19.4 Å². The zero-order valence-electron chi connectivity index (χ0n) is 38.5. The first-order valence-corrected chi connectivity index (χ1v) is 24.8. The predicted octanol–water partition coefficient (Wildman–Crippen LogP) is 17.2. The molecule has 0 amide bonds. The lowest BCUT2D eigenvalue weighted by Gasteiger charge is -2.29. The summed E-state index contributed by atoms with van der Waals surface area (Å²) in [7, 11) is 3.40. The molecule has 336 valence electrons. The second kappa shape index (κ2) is 16.9. The van der Waals surface area contributed by atoms with Gasteiger partial charge in [-0.2, -0.15) is 0 Å². The van der Waals surface area contributed by atoms with Crippen LogP contribution in [0.2, 0.25) is 0 Å². The van der Waals surface area contributed by atoms with Crippen molar-refractivity contribution in [2.24, 2.45) is 0 Å². The maximum atomic E-state index is 5.94. The topological polar surface area (TPSA) is 55.7 Å². The average Bonchev–Trinajstić information content (AvgIpc) is 4.07. The van der Waals surface area contributed by atoms with Crippen molar-refractivity contribution in [3.05, 3.63) is 212 Å². The zero-order valence-corrected chi connectivity index (χ0v) is 40.1. The molecular formula is C61H43N5O2S2. The summed E-state index contributed by atoms with van der Waals surface area (Å²) >= 11 is 3.54. The van der Waals surface area contributed by atoms with Gasteiger partial charge >= 0.3 is 0 Å². The van der Waals surface area contributed by atoms with E-state index < -0.39 is 0 Å². The molecule has 0 N–H and O–H groups in total. The Morgan fingerprint density at radius 3 is 1.91 bits per heavy atom. The number of para-hydroxylation sites is 2. The zero-order chi connectivity index (χ0) is 46.9. The number of thiophene rings is 2. The Bertz CT molecular complexity index is 4120. The Morgan fingerprint density at radius 2 is 1.13 bits per heavy atom. The molecule has 0 unspecified atom stereocenters. The van der Waals surface area contributed by atoms with Crippen LogP contribution in [-0.2, 0) is 0 Å². The van der Waals surface area contributed by atoms with Gasteiger partial charge in [0.15, 0.2) is 0 Å². The summed E-state index contributed by atoms with van der Waals surface area (Å²) in [6.45, 7) is 2.14. The Hall–Kier alpha value is -8.50. The lowest BCUT2D eigenvalue weighted by molar-refractivity contribution is 0.394. The van der Waals surface area contributed by atoms with Crippen LogP contribution in [0.15, 0.2) is 206 Å². The molecule has 4 aromatic heterocycles. The Kier molecular flexibility index (Phi) is 10.1. The van der Waals surface area contributed by atoms with Gasteiger partial charge in [0, 0.05) is 99.1 Å². The molecule has 4 heterocycles. The van der Waals surface area contributed by atoms with E-state index in [-0.39, 0.29) is 0 Å². The van der Waals surface area contributed by atoms with E-state index in [1.807, 2.05) is 29.7 Å². The summed E-state index contributed by atoms with van der Waals surface area (Å²) in [6, 6.07) is 71.4. The van der Waals surface area contributed by atoms with Gasteiger partial charge in [0.25, 0.3) is 0 Å². The number of methoxy groups -OCH3 is 2. The Labute approximate surface area is 412 Å². The molecule has 0 saturated carbocycles. The van der Waals surface area contributed by atoms with Crippen molar-refractivity contribution in [1.29, 1.82) is 0 Å². The van der Waals surface area contributed by atoms with Crippen molar-refractivity contribution < 1.29 is 9.47 Å². The summed E-state index contributed by atoms with van der Waals surface area (Å²) in [4.78, 5) is 15.7. The third-order valence-corrected chi connectivity index (χ3v) is 15.5. The molecule has 0 aliphatic carbocycles. The molecule has 7 nitrogen and oxygen atoms in total. The van der Waals surface area contributed by atoms with Gasteiger partial charge < -0.3 is 18.9 Å². The number of benzene rings is 9. The fourth-order valence-corrected chi connectivity index (χ4v) is 12.1. The van der Waals surface area contributed by atoms with Crippen LogP contribution in [0, 0.1) is 6.92 Å². The predicted molar refractivity (Wildman–Crippen MR) is 295 cm³/mol. The number of hydrogen-bond acceptors (Lipinski definition) is 8. The molecule has 70 heavy (non-hydrogen) atoms. The first kappa shape index (κ1) is 41.7. The van der Waals surface area contributed by atoms with E-state index in [2.05, 4.69) is 209 Å². The van der Waals surface area contributed by atoms with E-state index in [0.717, 1.165) is 66.4 Å². The van der Waals surface area contributed by atoms with Crippen molar-refractivity contribution in [3.63, 3.8) is 0 Å². The number of rotatable bonds is 10. The summed E-state index contributed by atoms with van der Waals surface area (Å²) < 4.78 is 18.0. The lowest BCUT2D eigenvalue weighted by Crippen LogP contribution is -2.13. The maximum Gasteiger partial charge on any atom is 0.235 e.